The molecule has 1 aliphatic heterocycles. The SMILES string of the molecule is CC(C)N(CC(F)(F)F)C(=O)C1CNCc2ccccc21. The van der Waals surface area contributed by atoms with E-state index in [-0.39, 0.29) is 0 Å². The van der Waals surface area contributed by atoms with Gasteiger partial charge in [0.2, 0.25) is 5.91 Å². The number of alkyl halides is 3. The lowest BCUT2D eigenvalue weighted by molar-refractivity contribution is -0.165. The van der Waals surface area contributed by atoms with Gasteiger partial charge in [-0.25, -0.2) is 0 Å². The number of halogens is 3. The van der Waals surface area contributed by atoms with Crippen LogP contribution in [0.4, 0.5) is 13.2 Å². The Morgan fingerprint density at radius 3 is 2.67 bits per heavy atom. The molecule has 0 aliphatic carbocycles. The maximum atomic E-state index is 12.7. The van der Waals surface area contributed by atoms with E-state index in [2.05, 4.69) is 5.32 Å². The standard InChI is InChI=1S/C15H19F3N2O/c1-10(2)20(9-15(16,17)18)14(21)13-8-19-7-11-5-3-4-6-12(11)13/h3-6,10,13,19H,7-9H2,1-2H3. The Bertz CT molecular complexity index is 514. The Hall–Kier alpha value is -1.56. The van der Waals surface area contributed by atoms with E-state index in [9.17, 15) is 18.0 Å². The van der Waals surface area contributed by atoms with Gasteiger partial charge >= 0.3 is 6.18 Å². The van der Waals surface area contributed by atoms with Crippen molar-refractivity contribution in [1.82, 2.24) is 10.2 Å². The Labute approximate surface area is 122 Å². The largest absolute Gasteiger partial charge is 0.406 e. The number of amides is 1. The zero-order valence-corrected chi connectivity index (χ0v) is 12.1. The molecule has 1 unspecified atom stereocenters. The minimum Gasteiger partial charge on any atom is -0.331 e. The molecule has 0 spiro atoms. The Morgan fingerprint density at radius 1 is 1.38 bits per heavy atom. The molecule has 0 fully saturated rings. The maximum absolute atomic E-state index is 12.7. The summed E-state index contributed by atoms with van der Waals surface area (Å²) < 4.78 is 38.0. The first-order valence-corrected chi connectivity index (χ1v) is 6.95. The minimum atomic E-state index is -4.39. The molecule has 2 rings (SSSR count). The van der Waals surface area contributed by atoms with Crippen molar-refractivity contribution in [3.05, 3.63) is 35.4 Å². The molecule has 1 atom stereocenters. The van der Waals surface area contributed by atoms with Crippen LogP contribution in [0.2, 0.25) is 0 Å². The van der Waals surface area contributed by atoms with Crippen LogP contribution in [0, 0.1) is 0 Å². The summed E-state index contributed by atoms with van der Waals surface area (Å²) in [5.41, 5.74) is 1.80. The number of nitrogens with one attached hydrogen (secondary N) is 1. The highest BCUT2D eigenvalue weighted by Gasteiger charge is 2.38. The molecule has 21 heavy (non-hydrogen) atoms. The Morgan fingerprint density at radius 2 is 2.05 bits per heavy atom. The summed E-state index contributed by atoms with van der Waals surface area (Å²) >= 11 is 0. The summed E-state index contributed by atoms with van der Waals surface area (Å²) in [6.07, 6.45) is -4.39. The van der Waals surface area contributed by atoms with Crippen molar-refractivity contribution in [2.45, 2.75) is 38.5 Å². The van der Waals surface area contributed by atoms with E-state index in [4.69, 9.17) is 0 Å². The fourth-order valence-electron chi connectivity index (χ4n) is 2.62. The molecule has 0 saturated heterocycles. The third kappa shape index (κ3) is 3.75. The molecule has 0 saturated carbocycles. The average molecular weight is 300 g/mol. The molecule has 0 aromatic heterocycles. The van der Waals surface area contributed by atoms with Gasteiger partial charge < -0.3 is 10.2 Å². The Balaban J connectivity index is 2.26. The zero-order valence-electron chi connectivity index (χ0n) is 12.1. The molecule has 6 heteroatoms. The van der Waals surface area contributed by atoms with E-state index in [0.29, 0.717) is 13.1 Å². The normalized spacial score (nSPS) is 18.5. The van der Waals surface area contributed by atoms with E-state index in [1.165, 1.54) is 0 Å². The van der Waals surface area contributed by atoms with Gasteiger partial charge in [0, 0.05) is 19.1 Å². The second-order valence-electron chi connectivity index (χ2n) is 5.56. The van der Waals surface area contributed by atoms with E-state index in [1.807, 2.05) is 24.3 Å². The van der Waals surface area contributed by atoms with E-state index >= 15 is 0 Å². The number of nitrogens with zero attached hydrogens (tertiary/aromatic N) is 1. The number of rotatable bonds is 3. The third-order valence-electron chi connectivity index (χ3n) is 3.65. The molecule has 116 valence electrons. The molecule has 1 aromatic carbocycles. The smallest absolute Gasteiger partial charge is 0.331 e. The molecule has 1 aliphatic rings. The Kier molecular flexibility index (Phi) is 4.56. The molecule has 1 heterocycles. The molecule has 1 amide bonds. The number of hydrogen-bond acceptors (Lipinski definition) is 2. The zero-order chi connectivity index (χ0) is 15.6. The van der Waals surface area contributed by atoms with Gasteiger partial charge in [0.05, 0.1) is 5.92 Å². The molecule has 1 aromatic rings. The summed E-state index contributed by atoms with van der Waals surface area (Å²) in [6.45, 7) is 3.01. The summed E-state index contributed by atoms with van der Waals surface area (Å²) in [5.74, 6) is -1.03. The molecule has 0 bridgehead atoms. The summed E-state index contributed by atoms with van der Waals surface area (Å²) in [6, 6.07) is 6.90. The average Bonchev–Trinajstić information content (AvgIpc) is 2.42. The first kappa shape index (κ1) is 15.8. The molecule has 1 N–H and O–H groups in total. The monoisotopic (exact) mass is 300 g/mol. The van der Waals surface area contributed by atoms with Crippen molar-refractivity contribution in [1.29, 1.82) is 0 Å². The highest BCUT2D eigenvalue weighted by atomic mass is 19.4. The molecular weight excluding hydrogens is 281 g/mol. The van der Waals surface area contributed by atoms with Crippen LogP contribution in [-0.4, -0.2) is 36.1 Å². The van der Waals surface area contributed by atoms with Crippen LogP contribution >= 0.6 is 0 Å². The van der Waals surface area contributed by atoms with Crippen LogP contribution in [0.5, 0.6) is 0 Å². The van der Waals surface area contributed by atoms with Crippen LogP contribution in [0.15, 0.2) is 24.3 Å². The number of fused-ring (bicyclic) bond motifs is 1. The first-order chi connectivity index (χ1) is 9.79. The van der Waals surface area contributed by atoms with Crippen molar-refractivity contribution in [2.75, 3.05) is 13.1 Å². The lowest BCUT2D eigenvalue weighted by Crippen LogP contribution is -2.48. The lowest BCUT2D eigenvalue weighted by atomic mass is 9.89. The number of carbonyl (C=O) groups excluding carboxylic acids is 1. The number of hydrogen-bond donors (Lipinski definition) is 1. The van der Waals surface area contributed by atoms with Gasteiger partial charge in [0.1, 0.15) is 6.54 Å². The van der Waals surface area contributed by atoms with Crippen LogP contribution in [0.1, 0.15) is 30.9 Å². The topological polar surface area (TPSA) is 32.3 Å². The highest BCUT2D eigenvalue weighted by molar-refractivity contribution is 5.85. The predicted molar refractivity (Wildman–Crippen MR) is 73.8 cm³/mol. The molecular formula is C15H19F3N2O. The number of benzene rings is 1. The molecule has 3 nitrogen and oxygen atoms in total. The van der Waals surface area contributed by atoms with Gasteiger partial charge in [0.15, 0.2) is 0 Å². The van der Waals surface area contributed by atoms with Gasteiger partial charge in [-0.05, 0) is 25.0 Å². The van der Waals surface area contributed by atoms with Crippen molar-refractivity contribution < 1.29 is 18.0 Å². The van der Waals surface area contributed by atoms with E-state index < -0.39 is 30.6 Å². The molecule has 0 radical (unpaired) electrons. The van der Waals surface area contributed by atoms with E-state index in [0.717, 1.165) is 16.0 Å². The first-order valence-electron chi connectivity index (χ1n) is 6.95. The van der Waals surface area contributed by atoms with Gasteiger partial charge in [-0.3, -0.25) is 4.79 Å². The van der Waals surface area contributed by atoms with Crippen molar-refractivity contribution >= 4 is 5.91 Å². The van der Waals surface area contributed by atoms with Crippen molar-refractivity contribution in [3.8, 4) is 0 Å². The van der Waals surface area contributed by atoms with Crippen molar-refractivity contribution in [3.63, 3.8) is 0 Å². The fraction of sp³-hybridized carbons (Fsp3) is 0.533. The summed E-state index contributed by atoms with van der Waals surface area (Å²) in [5, 5.41) is 3.10. The van der Waals surface area contributed by atoms with Crippen LogP contribution in [0.25, 0.3) is 0 Å². The summed E-state index contributed by atoms with van der Waals surface area (Å²) in [4.78, 5) is 13.5. The van der Waals surface area contributed by atoms with Gasteiger partial charge in [-0.2, -0.15) is 13.2 Å². The van der Waals surface area contributed by atoms with Crippen LogP contribution in [-0.2, 0) is 11.3 Å². The summed E-state index contributed by atoms with van der Waals surface area (Å²) in [7, 11) is 0. The highest BCUT2D eigenvalue weighted by Crippen LogP contribution is 2.28. The predicted octanol–water partition coefficient (Wildman–Crippen LogP) is 2.67. The van der Waals surface area contributed by atoms with E-state index in [1.54, 1.807) is 13.8 Å². The second-order valence-corrected chi connectivity index (χ2v) is 5.56. The third-order valence-corrected chi connectivity index (χ3v) is 3.65. The van der Waals surface area contributed by atoms with Gasteiger partial charge in [-0.1, -0.05) is 24.3 Å². The minimum absolute atomic E-state index is 0.372. The fourth-order valence-corrected chi connectivity index (χ4v) is 2.62. The second kappa shape index (κ2) is 6.05. The number of carbonyl (C=O) groups is 1. The lowest BCUT2D eigenvalue weighted by Gasteiger charge is -2.34. The van der Waals surface area contributed by atoms with Gasteiger partial charge in [0.25, 0.3) is 0 Å². The van der Waals surface area contributed by atoms with Crippen LogP contribution in [0.3, 0.4) is 0 Å². The maximum Gasteiger partial charge on any atom is 0.406 e. The quantitative estimate of drug-likeness (QED) is 0.931. The van der Waals surface area contributed by atoms with Crippen molar-refractivity contribution in [2.24, 2.45) is 0 Å². The van der Waals surface area contributed by atoms with Crippen LogP contribution < -0.4 is 5.32 Å². The van der Waals surface area contributed by atoms with Gasteiger partial charge in [-0.15, -0.1) is 0 Å².